The Labute approximate surface area is 149 Å². The number of amides is 1. The van der Waals surface area contributed by atoms with E-state index in [1.54, 1.807) is 12.1 Å². The Hall–Kier alpha value is -1.33. The Bertz CT molecular complexity index is 557. The summed E-state index contributed by atoms with van der Waals surface area (Å²) in [5.74, 6) is 1.57. The lowest BCUT2D eigenvalue weighted by molar-refractivity contribution is 0.0899. The highest BCUT2D eigenvalue weighted by molar-refractivity contribution is 6.33. The average Bonchev–Trinajstić information content (AvgIpc) is 2.48. The molecule has 1 aromatic rings. The van der Waals surface area contributed by atoms with Crippen molar-refractivity contribution in [1.82, 2.24) is 15.2 Å². The first kappa shape index (κ1) is 19.0. The molecule has 0 bridgehead atoms. The monoisotopic (exact) mass is 353 g/mol. The van der Waals surface area contributed by atoms with Gasteiger partial charge in [0, 0.05) is 31.7 Å². The minimum atomic E-state index is -0.257. The average molecular weight is 354 g/mol. The zero-order chi connectivity index (χ0) is 17.7. The molecule has 1 aliphatic heterocycles. The van der Waals surface area contributed by atoms with Crippen molar-refractivity contribution < 1.29 is 9.53 Å². The lowest BCUT2D eigenvalue weighted by atomic mass is 9.92. The number of halogens is 1. The van der Waals surface area contributed by atoms with Gasteiger partial charge in [0.2, 0.25) is 5.88 Å². The van der Waals surface area contributed by atoms with Gasteiger partial charge >= 0.3 is 0 Å². The molecule has 5 nitrogen and oxygen atoms in total. The van der Waals surface area contributed by atoms with Gasteiger partial charge < -0.3 is 15.0 Å². The molecule has 3 atom stereocenters. The van der Waals surface area contributed by atoms with Gasteiger partial charge in [0.15, 0.2) is 5.69 Å². The summed E-state index contributed by atoms with van der Waals surface area (Å²) in [5.41, 5.74) is 0.217. The molecule has 0 radical (unpaired) electrons. The Morgan fingerprint density at radius 3 is 2.71 bits per heavy atom. The van der Waals surface area contributed by atoms with E-state index in [9.17, 15) is 4.79 Å². The molecule has 6 heteroatoms. The van der Waals surface area contributed by atoms with Gasteiger partial charge in [0.25, 0.3) is 5.91 Å². The number of nitrogens with one attached hydrogen (secondary N) is 1. The van der Waals surface area contributed by atoms with Crippen LogP contribution < -0.4 is 10.1 Å². The van der Waals surface area contributed by atoms with Crippen molar-refractivity contribution in [2.24, 2.45) is 11.8 Å². The van der Waals surface area contributed by atoms with Crippen LogP contribution in [-0.2, 0) is 0 Å². The zero-order valence-electron chi connectivity index (χ0n) is 15.0. The third-order valence-corrected chi connectivity index (χ3v) is 4.49. The van der Waals surface area contributed by atoms with Crippen molar-refractivity contribution in [1.29, 1.82) is 0 Å². The molecular formula is C18H28ClN3O2. The van der Waals surface area contributed by atoms with E-state index in [1.807, 2.05) is 13.8 Å². The van der Waals surface area contributed by atoms with Crippen LogP contribution in [-0.4, -0.2) is 48.1 Å². The Morgan fingerprint density at radius 2 is 2.08 bits per heavy atom. The molecule has 1 fully saturated rings. The lowest BCUT2D eigenvalue weighted by Gasteiger charge is -2.36. The second-order valence-electron chi connectivity index (χ2n) is 6.95. The molecule has 0 saturated carbocycles. The molecular weight excluding hydrogens is 326 g/mol. The van der Waals surface area contributed by atoms with Crippen LogP contribution >= 0.6 is 11.6 Å². The predicted molar refractivity (Wildman–Crippen MR) is 96.7 cm³/mol. The molecule has 0 spiro atoms. The number of carbonyl (C=O) groups is 1. The molecule has 2 rings (SSSR count). The van der Waals surface area contributed by atoms with Gasteiger partial charge in [-0.05, 0) is 38.2 Å². The van der Waals surface area contributed by atoms with Gasteiger partial charge in [-0.25, -0.2) is 4.98 Å². The fourth-order valence-electron chi connectivity index (χ4n) is 3.48. The van der Waals surface area contributed by atoms with Gasteiger partial charge in [-0.15, -0.1) is 0 Å². The number of rotatable bonds is 6. The molecule has 1 N–H and O–H groups in total. The van der Waals surface area contributed by atoms with Crippen molar-refractivity contribution in [3.63, 3.8) is 0 Å². The summed E-state index contributed by atoms with van der Waals surface area (Å²) in [6, 6.07) is 3.35. The number of likely N-dealkylation sites (tertiary alicyclic amines) is 1. The summed E-state index contributed by atoms with van der Waals surface area (Å²) in [5, 5.41) is 3.34. The molecule has 1 aliphatic rings. The highest BCUT2D eigenvalue weighted by Gasteiger charge is 2.24. The van der Waals surface area contributed by atoms with Gasteiger partial charge in [-0.2, -0.15) is 0 Å². The SMILES string of the molecule is CCOc1ccc(Cl)c(C(=O)NC(C)CN2CC(C)CC(C)C2)n1. The Morgan fingerprint density at radius 1 is 1.42 bits per heavy atom. The maximum absolute atomic E-state index is 12.5. The molecule has 1 aromatic heterocycles. The molecule has 1 amide bonds. The maximum Gasteiger partial charge on any atom is 0.271 e. The zero-order valence-corrected chi connectivity index (χ0v) is 15.8. The summed E-state index contributed by atoms with van der Waals surface area (Å²) in [6.45, 7) is 12.0. The summed E-state index contributed by atoms with van der Waals surface area (Å²) in [6.07, 6.45) is 1.28. The van der Waals surface area contributed by atoms with Crippen molar-refractivity contribution in [3.8, 4) is 5.88 Å². The first-order valence-electron chi connectivity index (χ1n) is 8.71. The van der Waals surface area contributed by atoms with Crippen LogP contribution in [0, 0.1) is 11.8 Å². The van der Waals surface area contributed by atoms with E-state index in [-0.39, 0.29) is 17.6 Å². The fourth-order valence-corrected chi connectivity index (χ4v) is 3.67. The van der Waals surface area contributed by atoms with Gasteiger partial charge in [-0.1, -0.05) is 25.4 Å². The highest BCUT2D eigenvalue weighted by Crippen LogP contribution is 2.21. The summed E-state index contributed by atoms with van der Waals surface area (Å²) in [7, 11) is 0. The second kappa shape index (κ2) is 8.67. The minimum Gasteiger partial charge on any atom is -0.478 e. The van der Waals surface area contributed by atoms with Crippen LogP contribution in [0.25, 0.3) is 0 Å². The van der Waals surface area contributed by atoms with E-state index >= 15 is 0 Å². The first-order chi connectivity index (χ1) is 11.4. The topological polar surface area (TPSA) is 54.5 Å². The predicted octanol–water partition coefficient (Wildman–Crippen LogP) is 3.23. The smallest absolute Gasteiger partial charge is 0.271 e. The summed E-state index contributed by atoms with van der Waals surface area (Å²) in [4.78, 5) is 19.1. The van der Waals surface area contributed by atoms with E-state index in [1.165, 1.54) is 6.42 Å². The van der Waals surface area contributed by atoms with E-state index in [0.717, 1.165) is 19.6 Å². The van der Waals surface area contributed by atoms with E-state index in [4.69, 9.17) is 16.3 Å². The minimum absolute atomic E-state index is 0.0311. The lowest BCUT2D eigenvalue weighted by Crippen LogP contribution is -2.47. The summed E-state index contributed by atoms with van der Waals surface area (Å²) >= 11 is 6.12. The van der Waals surface area contributed by atoms with Gasteiger partial charge in [0.1, 0.15) is 0 Å². The van der Waals surface area contributed by atoms with Crippen molar-refractivity contribution in [2.45, 2.75) is 40.2 Å². The number of pyridine rings is 1. The van der Waals surface area contributed by atoms with Crippen LogP contribution in [0.3, 0.4) is 0 Å². The van der Waals surface area contributed by atoms with Crippen LogP contribution in [0.4, 0.5) is 0 Å². The van der Waals surface area contributed by atoms with Crippen LogP contribution in [0.15, 0.2) is 12.1 Å². The van der Waals surface area contributed by atoms with Crippen LogP contribution in [0.1, 0.15) is 44.6 Å². The molecule has 0 aliphatic carbocycles. The quantitative estimate of drug-likeness (QED) is 0.853. The number of hydrogen-bond acceptors (Lipinski definition) is 4. The second-order valence-corrected chi connectivity index (χ2v) is 7.36. The van der Waals surface area contributed by atoms with Gasteiger partial charge in [0.05, 0.1) is 11.6 Å². The number of nitrogens with zero attached hydrogens (tertiary/aromatic N) is 2. The first-order valence-corrected chi connectivity index (χ1v) is 9.09. The largest absolute Gasteiger partial charge is 0.478 e. The Kier molecular flexibility index (Phi) is 6.87. The maximum atomic E-state index is 12.5. The molecule has 1 saturated heterocycles. The third kappa shape index (κ3) is 5.35. The van der Waals surface area contributed by atoms with Crippen molar-refractivity contribution in [3.05, 3.63) is 22.8 Å². The molecule has 3 unspecified atom stereocenters. The van der Waals surface area contributed by atoms with E-state index < -0.39 is 0 Å². The number of piperidine rings is 1. The van der Waals surface area contributed by atoms with Gasteiger partial charge in [-0.3, -0.25) is 4.79 Å². The Balaban J connectivity index is 1.95. The number of aromatic nitrogens is 1. The van der Waals surface area contributed by atoms with E-state index in [0.29, 0.717) is 29.3 Å². The molecule has 0 aromatic carbocycles. The fraction of sp³-hybridized carbons (Fsp3) is 0.667. The molecule has 2 heterocycles. The third-order valence-electron chi connectivity index (χ3n) is 4.18. The number of hydrogen-bond donors (Lipinski definition) is 1. The highest BCUT2D eigenvalue weighted by atomic mass is 35.5. The number of carbonyl (C=O) groups excluding carboxylic acids is 1. The van der Waals surface area contributed by atoms with E-state index in [2.05, 4.69) is 29.0 Å². The number of ether oxygens (including phenoxy) is 1. The van der Waals surface area contributed by atoms with Crippen molar-refractivity contribution in [2.75, 3.05) is 26.2 Å². The standard InChI is InChI=1S/C18H28ClN3O2/c1-5-24-16-7-6-15(19)17(21-16)18(23)20-14(4)11-22-9-12(2)8-13(3)10-22/h6-7,12-14H,5,8-11H2,1-4H3,(H,20,23). The van der Waals surface area contributed by atoms with Crippen molar-refractivity contribution >= 4 is 17.5 Å². The van der Waals surface area contributed by atoms with Crippen LogP contribution in [0.5, 0.6) is 5.88 Å². The molecule has 134 valence electrons. The normalized spacial score (nSPS) is 22.9. The van der Waals surface area contributed by atoms with Crippen LogP contribution in [0.2, 0.25) is 5.02 Å². The molecule has 24 heavy (non-hydrogen) atoms. The summed E-state index contributed by atoms with van der Waals surface area (Å²) < 4.78 is 5.34.